The molecule has 0 aliphatic heterocycles. The summed E-state index contributed by atoms with van der Waals surface area (Å²) < 4.78 is 0. The minimum Gasteiger partial charge on any atom is -0.352 e. The van der Waals surface area contributed by atoms with Gasteiger partial charge < -0.3 is 5.32 Å². The highest BCUT2D eigenvalue weighted by molar-refractivity contribution is 7.80. The lowest BCUT2D eigenvalue weighted by molar-refractivity contribution is 0.0956. The maximum atomic E-state index is 12.0. The molecule has 0 spiro atoms. The molecule has 0 atom stereocenters. The molecule has 0 unspecified atom stereocenters. The molecule has 0 fully saturated rings. The average molecular weight is 257 g/mol. The Morgan fingerprint density at radius 2 is 1.67 bits per heavy atom. The summed E-state index contributed by atoms with van der Waals surface area (Å²) in [6.07, 6.45) is 0. The molecule has 0 aliphatic carbocycles. The van der Waals surface area contributed by atoms with E-state index in [1.807, 2.05) is 55.5 Å². The maximum absolute atomic E-state index is 12.0. The SMILES string of the molecule is CCNC(=O)c1ccccc1-c1ccccc1S. The number of hydrogen-bond donors (Lipinski definition) is 2. The number of thiol groups is 1. The first-order chi connectivity index (χ1) is 8.74. The van der Waals surface area contributed by atoms with Crippen molar-refractivity contribution in [2.24, 2.45) is 0 Å². The van der Waals surface area contributed by atoms with E-state index < -0.39 is 0 Å². The molecule has 0 saturated carbocycles. The molecule has 2 aromatic carbocycles. The number of amides is 1. The van der Waals surface area contributed by atoms with Gasteiger partial charge in [0.25, 0.3) is 5.91 Å². The zero-order valence-electron chi connectivity index (χ0n) is 10.2. The van der Waals surface area contributed by atoms with Crippen LogP contribution < -0.4 is 5.32 Å². The van der Waals surface area contributed by atoms with E-state index in [0.717, 1.165) is 16.0 Å². The summed E-state index contributed by atoms with van der Waals surface area (Å²) >= 11 is 4.45. The lowest BCUT2D eigenvalue weighted by atomic mass is 9.99. The van der Waals surface area contributed by atoms with Crippen molar-refractivity contribution in [3.8, 4) is 11.1 Å². The lowest BCUT2D eigenvalue weighted by Crippen LogP contribution is -2.23. The summed E-state index contributed by atoms with van der Waals surface area (Å²) in [4.78, 5) is 12.9. The summed E-state index contributed by atoms with van der Waals surface area (Å²) in [5, 5.41) is 2.83. The normalized spacial score (nSPS) is 10.1. The molecular formula is C15H15NOS. The van der Waals surface area contributed by atoms with Gasteiger partial charge in [0, 0.05) is 17.0 Å². The second kappa shape index (κ2) is 5.74. The van der Waals surface area contributed by atoms with Crippen LogP contribution in [0.1, 0.15) is 17.3 Å². The molecule has 0 aromatic heterocycles. The summed E-state index contributed by atoms with van der Waals surface area (Å²) in [7, 11) is 0. The Kier molecular flexibility index (Phi) is 4.05. The van der Waals surface area contributed by atoms with Crippen molar-refractivity contribution >= 4 is 18.5 Å². The van der Waals surface area contributed by atoms with Crippen LogP contribution in [0.4, 0.5) is 0 Å². The molecule has 0 radical (unpaired) electrons. The minimum atomic E-state index is -0.0512. The second-order valence-electron chi connectivity index (χ2n) is 3.92. The van der Waals surface area contributed by atoms with Crippen LogP contribution in [-0.2, 0) is 0 Å². The molecule has 0 bridgehead atoms. The number of carbonyl (C=O) groups excluding carboxylic acids is 1. The molecule has 1 N–H and O–H groups in total. The number of hydrogen-bond acceptors (Lipinski definition) is 2. The zero-order chi connectivity index (χ0) is 13.0. The summed E-state index contributed by atoms with van der Waals surface area (Å²) in [5.74, 6) is -0.0512. The number of carbonyl (C=O) groups is 1. The van der Waals surface area contributed by atoms with Gasteiger partial charge >= 0.3 is 0 Å². The maximum Gasteiger partial charge on any atom is 0.251 e. The Bertz CT molecular complexity index is 566. The fraction of sp³-hybridized carbons (Fsp3) is 0.133. The van der Waals surface area contributed by atoms with Crippen molar-refractivity contribution in [1.82, 2.24) is 5.32 Å². The summed E-state index contributed by atoms with van der Waals surface area (Å²) in [6.45, 7) is 2.53. The Morgan fingerprint density at radius 1 is 1.06 bits per heavy atom. The summed E-state index contributed by atoms with van der Waals surface area (Å²) in [6, 6.07) is 15.4. The van der Waals surface area contributed by atoms with E-state index >= 15 is 0 Å². The van der Waals surface area contributed by atoms with Crippen LogP contribution in [0.3, 0.4) is 0 Å². The Balaban J connectivity index is 2.52. The first-order valence-electron chi connectivity index (χ1n) is 5.89. The third-order valence-electron chi connectivity index (χ3n) is 2.70. The Labute approximate surface area is 112 Å². The van der Waals surface area contributed by atoms with E-state index in [-0.39, 0.29) is 5.91 Å². The van der Waals surface area contributed by atoms with Crippen molar-refractivity contribution in [2.75, 3.05) is 6.54 Å². The molecule has 1 amide bonds. The number of rotatable bonds is 3. The topological polar surface area (TPSA) is 29.1 Å². The van der Waals surface area contributed by atoms with Crippen molar-refractivity contribution in [3.05, 3.63) is 54.1 Å². The Hall–Kier alpha value is -1.74. The van der Waals surface area contributed by atoms with Crippen LogP contribution in [0, 0.1) is 0 Å². The van der Waals surface area contributed by atoms with Gasteiger partial charge in [-0.1, -0.05) is 36.4 Å². The molecule has 2 nitrogen and oxygen atoms in total. The monoisotopic (exact) mass is 257 g/mol. The van der Waals surface area contributed by atoms with Gasteiger partial charge in [-0.2, -0.15) is 0 Å². The van der Waals surface area contributed by atoms with Crippen molar-refractivity contribution < 1.29 is 4.79 Å². The van der Waals surface area contributed by atoms with Gasteiger partial charge in [-0.05, 0) is 30.2 Å². The molecule has 92 valence electrons. The van der Waals surface area contributed by atoms with Crippen molar-refractivity contribution in [2.45, 2.75) is 11.8 Å². The first kappa shape index (κ1) is 12.7. The van der Waals surface area contributed by atoms with Crippen LogP contribution in [0.2, 0.25) is 0 Å². The highest BCUT2D eigenvalue weighted by Gasteiger charge is 2.12. The highest BCUT2D eigenvalue weighted by Crippen LogP contribution is 2.29. The zero-order valence-corrected chi connectivity index (χ0v) is 11.1. The van der Waals surface area contributed by atoms with E-state index in [9.17, 15) is 4.79 Å². The van der Waals surface area contributed by atoms with Crippen LogP contribution >= 0.6 is 12.6 Å². The fourth-order valence-corrected chi connectivity index (χ4v) is 2.15. The van der Waals surface area contributed by atoms with E-state index in [0.29, 0.717) is 12.1 Å². The quantitative estimate of drug-likeness (QED) is 0.811. The van der Waals surface area contributed by atoms with Gasteiger partial charge in [-0.15, -0.1) is 12.6 Å². The van der Waals surface area contributed by atoms with Crippen LogP contribution in [0.5, 0.6) is 0 Å². The van der Waals surface area contributed by atoms with E-state index in [2.05, 4.69) is 17.9 Å². The molecule has 2 rings (SSSR count). The highest BCUT2D eigenvalue weighted by atomic mass is 32.1. The molecule has 0 saturated heterocycles. The summed E-state index contributed by atoms with van der Waals surface area (Å²) in [5.41, 5.74) is 2.57. The third kappa shape index (κ3) is 2.57. The molecule has 18 heavy (non-hydrogen) atoms. The van der Waals surface area contributed by atoms with Gasteiger partial charge in [0.1, 0.15) is 0 Å². The van der Waals surface area contributed by atoms with Gasteiger partial charge in [0.05, 0.1) is 0 Å². The largest absolute Gasteiger partial charge is 0.352 e. The average Bonchev–Trinajstić information content (AvgIpc) is 2.40. The lowest BCUT2D eigenvalue weighted by Gasteiger charge is -2.11. The predicted octanol–water partition coefficient (Wildman–Crippen LogP) is 3.39. The van der Waals surface area contributed by atoms with Gasteiger partial charge in [0.15, 0.2) is 0 Å². The van der Waals surface area contributed by atoms with Gasteiger partial charge in [-0.25, -0.2) is 0 Å². The standard InChI is InChI=1S/C15H15NOS/c1-2-16-15(17)13-9-4-3-7-11(13)12-8-5-6-10-14(12)18/h3-10,18H,2H2,1H3,(H,16,17). The van der Waals surface area contributed by atoms with Crippen LogP contribution in [0.15, 0.2) is 53.4 Å². The molecule has 3 heteroatoms. The number of nitrogens with one attached hydrogen (secondary N) is 1. The first-order valence-corrected chi connectivity index (χ1v) is 6.34. The molecule has 0 aliphatic rings. The van der Waals surface area contributed by atoms with Crippen molar-refractivity contribution in [3.63, 3.8) is 0 Å². The van der Waals surface area contributed by atoms with E-state index in [1.165, 1.54) is 0 Å². The van der Waals surface area contributed by atoms with Crippen LogP contribution in [0.25, 0.3) is 11.1 Å². The Morgan fingerprint density at radius 3 is 2.33 bits per heavy atom. The van der Waals surface area contributed by atoms with Crippen LogP contribution in [-0.4, -0.2) is 12.5 Å². The fourth-order valence-electron chi connectivity index (χ4n) is 1.87. The van der Waals surface area contributed by atoms with Gasteiger partial charge in [0.2, 0.25) is 0 Å². The predicted molar refractivity (Wildman–Crippen MR) is 77.1 cm³/mol. The third-order valence-corrected chi connectivity index (χ3v) is 3.09. The number of benzene rings is 2. The molecule has 2 aromatic rings. The molecular weight excluding hydrogens is 242 g/mol. The molecule has 0 heterocycles. The van der Waals surface area contributed by atoms with E-state index in [1.54, 1.807) is 0 Å². The van der Waals surface area contributed by atoms with Gasteiger partial charge in [-0.3, -0.25) is 4.79 Å². The second-order valence-corrected chi connectivity index (χ2v) is 4.40. The minimum absolute atomic E-state index is 0.0512. The smallest absolute Gasteiger partial charge is 0.251 e. The van der Waals surface area contributed by atoms with E-state index in [4.69, 9.17) is 0 Å². The van der Waals surface area contributed by atoms with Crippen molar-refractivity contribution in [1.29, 1.82) is 0 Å².